The molecular formula is C11H12BrClO2. The van der Waals surface area contributed by atoms with Crippen molar-refractivity contribution < 1.29 is 9.53 Å². The van der Waals surface area contributed by atoms with Crippen LogP contribution in [0.25, 0.3) is 0 Å². The highest BCUT2D eigenvalue weighted by Gasteiger charge is 2.07. The molecule has 0 bridgehead atoms. The number of methoxy groups -OCH3 is 1. The van der Waals surface area contributed by atoms with E-state index in [2.05, 4.69) is 15.9 Å². The van der Waals surface area contributed by atoms with Gasteiger partial charge in [0.25, 0.3) is 0 Å². The van der Waals surface area contributed by atoms with Crippen molar-refractivity contribution in [2.45, 2.75) is 12.8 Å². The molecule has 0 N–H and O–H groups in total. The topological polar surface area (TPSA) is 26.3 Å². The fraction of sp³-hybridized carbons (Fsp3) is 0.364. The molecule has 1 rings (SSSR count). The molecule has 0 spiro atoms. The number of Topliss-reactive ketones (excluding diaryl/α,β-unsaturated/α-hetero) is 1. The summed E-state index contributed by atoms with van der Waals surface area (Å²) in [7, 11) is 1.63. The van der Waals surface area contributed by atoms with Gasteiger partial charge < -0.3 is 4.74 Å². The minimum absolute atomic E-state index is 0.115. The lowest BCUT2D eigenvalue weighted by Gasteiger charge is -2.02. The summed E-state index contributed by atoms with van der Waals surface area (Å²) in [6.07, 6.45) is 1.25. The molecular weight excluding hydrogens is 279 g/mol. The molecule has 0 aliphatic rings. The molecule has 0 atom stereocenters. The summed E-state index contributed by atoms with van der Waals surface area (Å²) in [6, 6.07) is 5.20. The quantitative estimate of drug-likeness (QED) is 0.610. The van der Waals surface area contributed by atoms with Crippen LogP contribution in [-0.4, -0.2) is 19.5 Å². The van der Waals surface area contributed by atoms with E-state index < -0.39 is 0 Å². The molecule has 0 aliphatic heterocycles. The molecule has 0 saturated heterocycles. The molecule has 4 heteroatoms. The van der Waals surface area contributed by atoms with Crippen LogP contribution in [0.1, 0.15) is 23.2 Å². The molecule has 0 aromatic heterocycles. The first-order chi connectivity index (χ1) is 7.15. The van der Waals surface area contributed by atoms with Crippen molar-refractivity contribution >= 4 is 33.3 Å². The Morgan fingerprint density at radius 1 is 1.53 bits per heavy atom. The number of hydrogen-bond acceptors (Lipinski definition) is 2. The number of rotatable bonds is 5. The summed E-state index contributed by atoms with van der Waals surface area (Å²) in [5.41, 5.74) is 0.683. The zero-order valence-corrected chi connectivity index (χ0v) is 10.8. The number of halogens is 2. The molecule has 1 aromatic carbocycles. The van der Waals surface area contributed by atoms with Gasteiger partial charge in [-0.2, -0.15) is 0 Å². The molecule has 0 radical (unpaired) electrons. The van der Waals surface area contributed by atoms with Crippen LogP contribution >= 0.6 is 27.5 Å². The van der Waals surface area contributed by atoms with Gasteiger partial charge in [-0.15, -0.1) is 0 Å². The molecule has 0 saturated carbocycles. The Balaban J connectivity index is 2.62. The lowest BCUT2D eigenvalue weighted by atomic mass is 10.1. The van der Waals surface area contributed by atoms with E-state index in [0.717, 1.165) is 10.9 Å². The maximum Gasteiger partial charge on any atom is 0.163 e. The van der Waals surface area contributed by atoms with Crippen molar-refractivity contribution in [2.24, 2.45) is 0 Å². The number of carbonyl (C=O) groups excluding carboxylic acids is 1. The predicted molar refractivity (Wildman–Crippen MR) is 64.6 cm³/mol. The highest BCUT2D eigenvalue weighted by atomic mass is 79.9. The van der Waals surface area contributed by atoms with E-state index in [9.17, 15) is 4.79 Å². The standard InChI is InChI=1S/C11H12BrClO2/c1-15-6-2-3-11(14)8-4-5-10(13)9(12)7-8/h4-5,7H,2-3,6H2,1H3. The predicted octanol–water partition coefficient (Wildman–Crippen LogP) is 3.71. The maximum absolute atomic E-state index is 11.7. The SMILES string of the molecule is COCCCC(=O)c1ccc(Cl)c(Br)c1. The number of ether oxygens (including phenoxy) is 1. The number of benzene rings is 1. The van der Waals surface area contributed by atoms with Crippen molar-refractivity contribution in [3.8, 4) is 0 Å². The molecule has 82 valence electrons. The fourth-order valence-electron chi connectivity index (χ4n) is 1.19. The zero-order valence-electron chi connectivity index (χ0n) is 8.43. The Morgan fingerprint density at radius 3 is 2.87 bits per heavy atom. The van der Waals surface area contributed by atoms with E-state index in [4.69, 9.17) is 16.3 Å². The monoisotopic (exact) mass is 290 g/mol. The van der Waals surface area contributed by atoms with Gasteiger partial charge in [0.1, 0.15) is 0 Å². The van der Waals surface area contributed by atoms with Crippen LogP contribution in [0.4, 0.5) is 0 Å². The van der Waals surface area contributed by atoms with Crippen LogP contribution in [-0.2, 0) is 4.74 Å². The summed E-state index contributed by atoms with van der Waals surface area (Å²) in [6.45, 7) is 0.612. The number of hydrogen-bond donors (Lipinski definition) is 0. The summed E-state index contributed by atoms with van der Waals surface area (Å²) >= 11 is 9.12. The van der Waals surface area contributed by atoms with Gasteiger partial charge >= 0.3 is 0 Å². The number of ketones is 1. The summed E-state index contributed by atoms with van der Waals surface area (Å²) < 4.78 is 5.64. The third-order valence-corrected chi connectivity index (χ3v) is 3.21. The van der Waals surface area contributed by atoms with E-state index in [0.29, 0.717) is 23.6 Å². The summed E-state index contributed by atoms with van der Waals surface area (Å²) in [5.74, 6) is 0.115. The van der Waals surface area contributed by atoms with Gasteiger partial charge in [0.05, 0.1) is 5.02 Å². The first-order valence-electron chi connectivity index (χ1n) is 4.62. The van der Waals surface area contributed by atoms with Crippen LogP contribution in [0.3, 0.4) is 0 Å². The van der Waals surface area contributed by atoms with Crippen molar-refractivity contribution in [2.75, 3.05) is 13.7 Å². The van der Waals surface area contributed by atoms with Gasteiger partial charge in [-0.1, -0.05) is 11.6 Å². The van der Waals surface area contributed by atoms with Crippen molar-refractivity contribution in [1.29, 1.82) is 0 Å². The molecule has 0 heterocycles. The van der Waals surface area contributed by atoms with Crippen LogP contribution in [0.5, 0.6) is 0 Å². The Bertz CT molecular complexity index is 352. The average molecular weight is 292 g/mol. The number of carbonyl (C=O) groups is 1. The first kappa shape index (κ1) is 12.7. The Morgan fingerprint density at radius 2 is 2.27 bits per heavy atom. The van der Waals surface area contributed by atoms with Gasteiger partial charge in [-0.3, -0.25) is 4.79 Å². The highest BCUT2D eigenvalue weighted by Crippen LogP contribution is 2.23. The minimum Gasteiger partial charge on any atom is -0.385 e. The van der Waals surface area contributed by atoms with Crippen LogP contribution in [0.2, 0.25) is 5.02 Å². The lowest BCUT2D eigenvalue weighted by Crippen LogP contribution is -2.01. The zero-order chi connectivity index (χ0) is 11.3. The second kappa shape index (κ2) is 6.26. The lowest BCUT2D eigenvalue weighted by molar-refractivity contribution is 0.0963. The van der Waals surface area contributed by atoms with E-state index in [1.165, 1.54) is 0 Å². The maximum atomic E-state index is 11.7. The summed E-state index contributed by atoms with van der Waals surface area (Å²) in [5, 5.41) is 0.614. The van der Waals surface area contributed by atoms with Gasteiger partial charge in [-0.25, -0.2) is 0 Å². The Hall–Kier alpha value is -0.380. The second-order valence-electron chi connectivity index (χ2n) is 3.15. The molecule has 1 aromatic rings. The Labute approximate surface area is 103 Å². The van der Waals surface area contributed by atoms with Crippen LogP contribution < -0.4 is 0 Å². The van der Waals surface area contributed by atoms with Crippen LogP contribution in [0.15, 0.2) is 22.7 Å². The van der Waals surface area contributed by atoms with Gasteiger partial charge in [0, 0.05) is 30.2 Å². The second-order valence-corrected chi connectivity index (χ2v) is 4.41. The third-order valence-electron chi connectivity index (χ3n) is 1.99. The third kappa shape index (κ3) is 3.93. The smallest absolute Gasteiger partial charge is 0.163 e. The molecule has 0 aliphatic carbocycles. The highest BCUT2D eigenvalue weighted by molar-refractivity contribution is 9.10. The van der Waals surface area contributed by atoms with Crippen LogP contribution in [0, 0.1) is 0 Å². The first-order valence-corrected chi connectivity index (χ1v) is 5.79. The molecule has 15 heavy (non-hydrogen) atoms. The van der Waals surface area contributed by atoms with Gasteiger partial charge in [-0.05, 0) is 40.5 Å². The van der Waals surface area contributed by atoms with Crippen molar-refractivity contribution in [3.63, 3.8) is 0 Å². The normalized spacial score (nSPS) is 10.3. The Kier molecular flexibility index (Phi) is 5.29. The van der Waals surface area contributed by atoms with Gasteiger partial charge in [0.2, 0.25) is 0 Å². The minimum atomic E-state index is 0.115. The average Bonchev–Trinajstić information content (AvgIpc) is 2.22. The summed E-state index contributed by atoms with van der Waals surface area (Å²) in [4.78, 5) is 11.7. The molecule has 0 unspecified atom stereocenters. The van der Waals surface area contributed by atoms with Crippen molar-refractivity contribution in [1.82, 2.24) is 0 Å². The molecule has 0 fully saturated rings. The van der Waals surface area contributed by atoms with Crippen molar-refractivity contribution in [3.05, 3.63) is 33.3 Å². The fourth-order valence-corrected chi connectivity index (χ4v) is 1.69. The van der Waals surface area contributed by atoms with E-state index in [1.54, 1.807) is 25.3 Å². The molecule has 2 nitrogen and oxygen atoms in total. The van der Waals surface area contributed by atoms with E-state index >= 15 is 0 Å². The largest absolute Gasteiger partial charge is 0.385 e. The van der Waals surface area contributed by atoms with E-state index in [1.807, 2.05) is 0 Å². The van der Waals surface area contributed by atoms with Gasteiger partial charge in [0.15, 0.2) is 5.78 Å². The molecule has 0 amide bonds. The van der Waals surface area contributed by atoms with E-state index in [-0.39, 0.29) is 5.78 Å².